The molecule has 2 atom stereocenters. The minimum absolute atomic E-state index is 0.0231. The number of rotatable bonds is 0. The monoisotopic (exact) mass is 140 g/mol. The van der Waals surface area contributed by atoms with E-state index in [2.05, 4.69) is 22.8 Å². The highest BCUT2D eigenvalue weighted by atomic mass is 29.6. The molecule has 0 aromatic rings. The van der Waals surface area contributed by atoms with Crippen LogP contribution in [0.25, 0.3) is 0 Å². The number of hydrogen-bond donors (Lipinski definition) is 0. The van der Waals surface area contributed by atoms with Crippen molar-refractivity contribution in [1.29, 1.82) is 0 Å². The molecule has 2 unspecified atom stereocenters. The Bertz CT molecular complexity index is 138. The van der Waals surface area contributed by atoms with Crippen LogP contribution >= 0.6 is 0 Å². The van der Waals surface area contributed by atoms with Gasteiger partial charge in [-0.05, 0) is 0 Å². The molecule has 2 aliphatic heterocycles. The van der Waals surface area contributed by atoms with E-state index in [0.717, 1.165) is 0 Å². The second-order valence-electron chi connectivity index (χ2n) is 2.29. The molecule has 0 radical (unpaired) electrons. The average molecular weight is 140 g/mol. The third kappa shape index (κ3) is 0.457. The molecule has 2 aliphatic rings. The van der Waals surface area contributed by atoms with E-state index in [9.17, 15) is 0 Å². The van der Waals surface area contributed by atoms with Crippen molar-refractivity contribution < 1.29 is 0 Å². The molecule has 0 fully saturated rings. The molecule has 0 N–H and O–H groups in total. The lowest BCUT2D eigenvalue weighted by molar-refractivity contribution is 2.26. The van der Waals surface area contributed by atoms with Gasteiger partial charge in [0.2, 0.25) is 0 Å². The van der Waals surface area contributed by atoms with Gasteiger partial charge in [0.1, 0.15) is 0 Å². The molecule has 0 bridgehead atoms. The molecule has 2 rings (SSSR count). The Hall–Kier alpha value is 0.131. The van der Waals surface area contributed by atoms with Crippen molar-refractivity contribution in [3.63, 3.8) is 0 Å². The van der Waals surface area contributed by atoms with E-state index in [0.29, 0.717) is 9.04 Å². The Morgan fingerprint density at radius 1 is 1.14 bits per heavy atom. The zero-order valence-electron chi connectivity index (χ0n) is 4.17. The molecule has 0 aliphatic carbocycles. The van der Waals surface area contributed by atoms with Crippen LogP contribution in [0.4, 0.5) is 0 Å². The molecule has 0 nitrogen and oxygen atoms in total. The summed E-state index contributed by atoms with van der Waals surface area (Å²) in [5, 5.41) is 0. The fourth-order valence-electron chi connectivity index (χ4n) is 1.23. The molecular formula is C4H8Si3. The van der Waals surface area contributed by atoms with Crippen LogP contribution in [0.1, 0.15) is 0 Å². The highest BCUT2D eigenvalue weighted by Gasteiger charge is 2.27. The standard InChI is InChI=1S/C4H8Si3/c1-2-6-3-4-7(6)5-1/h1-4,6-7H,5H2. The Labute approximate surface area is 48.5 Å². The normalized spacial score (nSPS) is 46.9. The van der Waals surface area contributed by atoms with Gasteiger partial charge in [-0.25, -0.2) is 0 Å². The van der Waals surface area contributed by atoms with Crippen LogP contribution in [0.2, 0.25) is 0 Å². The maximum atomic E-state index is 2.56. The topological polar surface area (TPSA) is 0 Å². The van der Waals surface area contributed by atoms with Gasteiger partial charge >= 0.3 is 0 Å². The van der Waals surface area contributed by atoms with E-state index in [4.69, 9.17) is 0 Å². The van der Waals surface area contributed by atoms with Crippen molar-refractivity contribution in [3.05, 3.63) is 22.8 Å². The summed E-state index contributed by atoms with van der Waals surface area (Å²) in [5.74, 6) is 0. The zero-order chi connectivity index (χ0) is 4.69. The first kappa shape index (κ1) is 4.05. The molecule has 0 saturated carbocycles. The van der Waals surface area contributed by atoms with Crippen molar-refractivity contribution in [2.24, 2.45) is 0 Å². The van der Waals surface area contributed by atoms with Crippen molar-refractivity contribution in [2.45, 2.75) is 0 Å². The summed E-state index contributed by atoms with van der Waals surface area (Å²) in [6.45, 7) is 0. The van der Waals surface area contributed by atoms with Crippen LogP contribution in [-0.4, -0.2) is 25.2 Å². The smallest absolute Gasteiger partial charge is 0.0747 e. The molecule has 36 valence electrons. The van der Waals surface area contributed by atoms with E-state index in [-0.39, 0.29) is 16.1 Å². The molecule has 0 spiro atoms. The van der Waals surface area contributed by atoms with Gasteiger partial charge in [-0.2, -0.15) is 0 Å². The first-order chi connectivity index (χ1) is 3.47. The summed E-state index contributed by atoms with van der Waals surface area (Å²) in [6, 6.07) is 0. The molecule has 0 aromatic carbocycles. The molecule has 0 saturated heterocycles. The minimum atomic E-state index is -0.123. The lowest BCUT2D eigenvalue weighted by atomic mass is 11.2. The van der Waals surface area contributed by atoms with Gasteiger partial charge in [-0.1, -0.05) is 0 Å². The van der Waals surface area contributed by atoms with E-state index in [1.807, 2.05) is 0 Å². The summed E-state index contributed by atoms with van der Waals surface area (Å²) in [4.78, 5) is 0. The van der Waals surface area contributed by atoms with Gasteiger partial charge < -0.3 is 0 Å². The summed E-state index contributed by atoms with van der Waals surface area (Å²) < 4.78 is 0. The van der Waals surface area contributed by atoms with Crippen molar-refractivity contribution in [2.75, 3.05) is 0 Å². The highest BCUT2D eigenvalue weighted by molar-refractivity contribution is 7.55. The van der Waals surface area contributed by atoms with E-state index in [1.165, 1.54) is 0 Å². The summed E-state index contributed by atoms with van der Waals surface area (Å²) in [6.07, 6.45) is 0. The Balaban J connectivity index is 2.29. The van der Waals surface area contributed by atoms with Crippen molar-refractivity contribution in [1.82, 2.24) is 0 Å². The van der Waals surface area contributed by atoms with Gasteiger partial charge in [0, 0.05) is 9.04 Å². The first-order valence-electron chi connectivity index (χ1n) is 2.82. The zero-order valence-corrected chi connectivity index (χ0v) is 7.89. The fraction of sp³-hybridized carbons (Fsp3) is 0. The first-order valence-corrected chi connectivity index (χ1v) is 11.6. The van der Waals surface area contributed by atoms with Crippen LogP contribution in [0.3, 0.4) is 0 Å². The Morgan fingerprint density at radius 3 is 2.43 bits per heavy atom. The predicted octanol–water partition coefficient (Wildman–Crippen LogP) is -1.10. The predicted molar refractivity (Wildman–Crippen MR) is 41.1 cm³/mol. The summed E-state index contributed by atoms with van der Waals surface area (Å²) >= 11 is 0. The third-order valence-electron chi connectivity index (χ3n) is 1.84. The maximum absolute atomic E-state index is 2.56. The Morgan fingerprint density at radius 2 is 2.14 bits per heavy atom. The van der Waals surface area contributed by atoms with Crippen LogP contribution < -0.4 is 0 Å². The van der Waals surface area contributed by atoms with Gasteiger partial charge in [-0.15, -0.1) is 22.8 Å². The SMILES string of the molecule is C1=C[SiH]2C=C[SiH]2[SiH2]1. The molecule has 3 heteroatoms. The van der Waals surface area contributed by atoms with Crippen molar-refractivity contribution >= 4 is 25.2 Å². The van der Waals surface area contributed by atoms with Crippen LogP contribution in [-0.2, 0) is 0 Å². The summed E-state index contributed by atoms with van der Waals surface area (Å²) in [7, 11) is 0.340. The maximum Gasteiger partial charge on any atom is 0.0747 e. The van der Waals surface area contributed by atoms with Gasteiger partial charge in [0.05, 0.1) is 16.1 Å². The lowest BCUT2D eigenvalue weighted by Gasteiger charge is -2.16. The average Bonchev–Trinajstić information content (AvgIpc) is 1.85. The van der Waals surface area contributed by atoms with Gasteiger partial charge in [-0.3, -0.25) is 0 Å². The van der Waals surface area contributed by atoms with E-state index in [1.54, 1.807) is 0 Å². The second-order valence-corrected chi connectivity index (χ2v) is 18.8. The molecule has 7 heavy (non-hydrogen) atoms. The summed E-state index contributed by atoms with van der Waals surface area (Å²) in [5.41, 5.74) is 10.2. The van der Waals surface area contributed by atoms with Gasteiger partial charge in [0.25, 0.3) is 0 Å². The number of fused-ring (bicyclic) bond motifs is 1. The fourth-order valence-corrected chi connectivity index (χ4v) is 22.0. The largest absolute Gasteiger partial charge is 0.112 e. The quantitative estimate of drug-likeness (QED) is 0.375. The number of hydrogen-bond acceptors (Lipinski definition) is 0. The van der Waals surface area contributed by atoms with E-state index >= 15 is 0 Å². The highest BCUT2D eigenvalue weighted by Crippen LogP contribution is 2.11. The van der Waals surface area contributed by atoms with E-state index < -0.39 is 0 Å². The molecular weight excluding hydrogens is 132 g/mol. The Kier molecular flexibility index (Phi) is 0.754. The lowest BCUT2D eigenvalue weighted by Crippen LogP contribution is -2.39. The van der Waals surface area contributed by atoms with Crippen LogP contribution in [0.15, 0.2) is 22.8 Å². The van der Waals surface area contributed by atoms with Crippen LogP contribution in [0, 0.1) is 0 Å². The van der Waals surface area contributed by atoms with Gasteiger partial charge in [0.15, 0.2) is 0 Å². The molecule has 0 aromatic heterocycles. The van der Waals surface area contributed by atoms with Crippen molar-refractivity contribution in [3.8, 4) is 0 Å². The molecule has 2 heterocycles. The third-order valence-corrected chi connectivity index (χ3v) is 22.6. The second kappa shape index (κ2) is 1.30. The van der Waals surface area contributed by atoms with Crippen LogP contribution in [0.5, 0.6) is 0 Å². The molecule has 0 amide bonds. The minimum Gasteiger partial charge on any atom is -0.112 e.